The van der Waals surface area contributed by atoms with E-state index in [0.717, 1.165) is 6.42 Å². The minimum absolute atomic E-state index is 0.0995. The summed E-state index contributed by atoms with van der Waals surface area (Å²) in [5.74, 6) is 0. The van der Waals surface area contributed by atoms with E-state index in [1.165, 1.54) is 11.8 Å². The fourth-order valence-electron chi connectivity index (χ4n) is 0.440. The van der Waals surface area contributed by atoms with Crippen molar-refractivity contribution in [1.29, 1.82) is 0 Å². The van der Waals surface area contributed by atoms with Gasteiger partial charge in [0.15, 0.2) is 0 Å². The molecule has 3 nitrogen and oxygen atoms in total. The average molecular weight is 130 g/mol. The first-order chi connectivity index (χ1) is 3.83. The summed E-state index contributed by atoms with van der Waals surface area (Å²) < 4.78 is 0. The lowest BCUT2D eigenvalue weighted by molar-refractivity contribution is 0.267. The van der Waals surface area contributed by atoms with Crippen molar-refractivity contribution in [2.45, 2.75) is 18.7 Å². The number of thioether (sulfide) groups is 1. The van der Waals surface area contributed by atoms with Gasteiger partial charge in [-0.15, -0.1) is 5.11 Å². The Morgan fingerprint density at radius 1 is 1.88 bits per heavy atom. The molecule has 0 aromatic rings. The maximum Gasteiger partial charge on any atom is 0.325 e. The Labute approximate surface area is 51.6 Å². The number of hydrogen-bond donors (Lipinski definition) is 0. The molecule has 1 heterocycles. The highest BCUT2D eigenvalue weighted by Gasteiger charge is 2.17. The van der Waals surface area contributed by atoms with Crippen LogP contribution in [0.1, 0.15) is 13.3 Å². The largest absolute Gasteiger partial charge is 0.325 e. The summed E-state index contributed by atoms with van der Waals surface area (Å²) >= 11 is 1.19. The lowest BCUT2D eigenvalue weighted by Crippen LogP contribution is -1.89. The molecule has 0 aromatic heterocycles. The maximum atomic E-state index is 10.3. The van der Waals surface area contributed by atoms with Gasteiger partial charge < -0.3 is 0 Å². The van der Waals surface area contributed by atoms with Gasteiger partial charge in [-0.25, -0.2) is 0 Å². The number of rotatable bonds is 1. The fraction of sp³-hybridized carbons (Fsp3) is 0.750. The molecule has 1 rings (SSSR count). The standard InChI is InChI=1S/C4H6N2OS/c1-2-3-5-6-4(7)8-3/h3H,2H2,1H3. The molecular weight excluding hydrogens is 124 g/mol. The first-order valence-corrected chi connectivity index (χ1v) is 3.32. The normalized spacial score (nSPS) is 27.1. The number of nitrogens with zero attached hydrogens (tertiary/aromatic N) is 2. The van der Waals surface area contributed by atoms with Gasteiger partial charge in [0, 0.05) is 0 Å². The summed E-state index contributed by atoms with van der Waals surface area (Å²) in [6, 6.07) is 0. The van der Waals surface area contributed by atoms with Crippen molar-refractivity contribution in [3.63, 3.8) is 0 Å². The van der Waals surface area contributed by atoms with E-state index >= 15 is 0 Å². The van der Waals surface area contributed by atoms with Gasteiger partial charge in [-0.2, -0.15) is 5.11 Å². The summed E-state index contributed by atoms with van der Waals surface area (Å²) in [4.78, 5) is 10.3. The molecule has 0 fully saturated rings. The van der Waals surface area contributed by atoms with Crippen molar-refractivity contribution < 1.29 is 4.79 Å². The number of amides is 1. The lowest BCUT2D eigenvalue weighted by atomic mass is 10.5. The average Bonchev–Trinajstić information content (AvgIpc) is 2.14. The van der Waals surface area contributed by atoms with E-state index in [1.54, 1.807) is 0 Å². The van der Waals surface area contributed by atoms with Crippen LogP contribution in [-0.4, -0.2) is 10.6 Å². The van der Waals surface area contributed by atoms with Crippen molar-refractivity contribution in [2.24, 2.45) is 10.2 Å². The number of hydrogen-bond acceptors (Lipinski definition) is 3. The van der Waals surface area contributed by atoms with E-state index in [-0.39, 0.29) is 10.6 Å². The molecule has 1 aliphatic heterocycles. The molecule has 0 saturated heterocycles. The third-order valence-electron chi connectivity index (χ3n) is 0.854. The zero-order valence-electron chi connectivity index (χ0n) is 4.50. The third-order valence-corrected chi connectivity index (χ3v) is 1.84. The predicted molar refractivity (Wildman–Crippen MR) is 31.9 cm³/mol. The highest BCUT2D eigenvalue weighted by Crippen LogP contribution is 2.24. The number of azo groups is 1. The van der Waals surface area contributed by atoms with E-state index in [2.05, 4.69) is 10.2 Å². The number of carbonyl (C=O) groups excluding carboxylic acids is 1. The Kier molecular flexibility index (Phi) is 1.62. The monoisotopic (exact) mass is 130 g/mol. The first-order valence-electron chi connectivity index (χ1n) is 2.44. The second kappa shape index (κ2) is 2.26. The summed E-state index contributed by atoms with van der Waals surface area (Å²) in [6.45, 7) is 1.98. The van der Waals surface area contributed by atoms with E-state index in [1.807, 2.05) is 6.92 Å². The SMILES string of the molecule is CCC1N=NC(=O)S1. The Hall–Kier alpha value is -0.380. The van der Waals surface area contributed by atoms with Gasteiger partial charge in [0.05, 0.1) is 0 Å². The van der Waals surface area contributed by atoms with Crippen LogP contribution in [0.3, 0.4) is 0 Å². The van der Waals surface area contributed by atoms with Crippen LogP contribution in [-0.2, 0) is 0 Å². The molecule has 1 atom stereocenters. The van der Waals surface area contributed by atoms with Gasteiger partial charge in [-0.3, -0.25) is 4.79 Å². The van der Waals surface area contributed by atoms with E-state index in [0.29, 0.717) is 0 Å². The molecule has 0 aromatic carbocycles. The smallest absolute Gasteiger partial charge is 0.258 e. The summed E-state index contributed by atoms with van der Waals surface area (Å²) in [6.07, 6.45) is 0.889. The topological polar surface area (TPSA) is 41.8 Å². The van der Waals surface area contributed by atoms with Gasteiger partial charge in [0.25, 0.3) is 0 Å². The van der Waals surface area contributed by atoms with Gasteiger partial charge in [-0.1, -0.05) is 6.92 Å². The van der Waals surface area contributed by atoms with Crippen LogP contribution in [0.2, 0.25) is 0 Å². The predicted octanol–water partition coefficient (Wildman–Crippen LogP) is 2.04. The van der Waals surface area contributed by atoms with Crippen LogP contribution in [0.4, 0.5) is 4.79 Å². The Balaban J connectivity index is 2.46. The molecule has 0 radical (unpaired) electrons. The van der Waals surface area contributed by atoms with Crippen molar-refractivity contribution in [3.05, 3.63) is 0 Å². The molecule has 1 aliphatic rings. The molecule has 4 heteroatoms. The van der Waals surface area contributed by atoms with Crippen LogP contribution in [0.25, 0.3) is 0 Å². The van der Waals surface area contributed by atoms with Crippen molar-refractivity contribution in [1.82, 2.24) is 0 Å². The highest BCUT2D eigenvalue weighted by atomic mass is 32.2. The molecule has 0 saturated carbocycles. The Morgan fingerprint density at radius 3 is 2.88 bits per heavy atom. The second-order valence-electron chi connectivity index (χ2n) is 1.46. The minimum atomic E-state index is -0.156. The van der Waals surface area contributed by atoms with Gasteiger partial charge in [0.1, 0.15) is 5.37 Å². The van der Waals surface area contributed by atoms with E-state index < -0.39 is 0 Å². The van der Waals surface area contributed by atoms with Crippen LogP contribution in [0.5, 0.6) is 0 Å². The minimum Gasteiger partial charge on any atom is -0.258 e. The van der Waals surface area contributed by atoms with Crippen molar-refractivity contribution in [3.8, 4) is 0 Å². The molecule has 0 bridgehead atoms. The fourth-order valence-corrected chi connectivity index (χ4v) is 1.03. The summed E-state index contributed by atoms with van der Waals surface area (Å²) in [5, 5.41) is 6.95. The van der Waals surface area contributed by atoms with Crippen LogP contribution >= 0.6 is 11.8 Å². The summed E-state index contributed by atoms with van der Waals surface area (Å²) in [5.41, 5.74) is 0. The van der Waals surface area contributed by atoms with Crippen molar-refractivity contribution in [2.75, 3.05) is 0 Å². The van der Waals surface area contributed by atoms with Gasteiger partial charge >= 0.3 is 5.24 Å². The highest BCUT2D eigenvalue weighted by molar-refractivity contribution is 8.14. The maximum absolute atomic E-state index is 10.3. The molecule has 1 amide bonds. The molecule has 1 unspecified atom stereocenters. The number of carbonyl (C=O) groups is 1. The van der Waals surface area contributed by atoms with Crippen LogP contribution in [0, 0.1) is 0 Å². The lowest BCUT2D eigenvalue weighted by Gasteiger charge is -1.92. The van der Waals surface area contributed by atoms with Gasteiger partial charge in [0.2, 0.25) is 0 Å². The zero-order chi connectivity index (χ0) is 5.98. The second-order valence-corrected chi connectivity index (χ2v) is 2.59. The molecule has 44 valence electrons. The third kappa shape index (κ3) is 1.06. The molecule has 0 N–H and O–H groups in total. The molecular formula is C4H6N2OS. The summed E-state index contributed by atoms with van der Waals surface area (Å²) in [7, 11) is 0. The van der Waals surface area contributed by atoms with Crippen LogP contribution < -0.4 is 0 Å². The molecule has 0 spiro atoms. The zero-order valence-corrected chi connectivity index (χ0v) is 5.31. The van der Waals surface area contributed by atoms with Crippen molar-refractivity contribution >= 4 is 17.0 Å². The first kappa shape index (κ1) is 5.75. The van der Waals surface area contributed by atoms with Crippen LogP contribution in [0.15, 0.2) is 10.2 Å². The van der Waals surface area contributed by atoms with Gasteiger partial charge in [-0.05, 0) is 18.2 Å². The molecule has 0 aliphatic carbocycles. The van der Waals surface area contributed by atoms with E-state index in [4.69, 9.17) is 0 Å². The Morgan fingerprint density at radius 2 is 2.62 bits per heavy atom. The quantitative estimate of drug-likeness (QED) is 0.545. The van der Waals surface area contributed by atoms with E-state index in [9.17, 15) is 4.79 Å². The molecule has 8 heavy (non-hydrogen) atoms. The Bertz CT molecular complexity index is 134.